The fourth-order valence-electron chi connectivity index (χ4n) is 2.24. The third-order valence-electron chi connectivity index (χ3n) is 2.99. The van der Waals surface area contributed by atoms with Crippen LogP contribution in [0.15, 0.2) is 21.2 Å². The zero-order valence-electron chi connectivity index (χ0n) is 9.54. The molecule has 2 unspecified atom stereocenters. The van der Waals surface area contributed by atoms with E-state index < -0.39 is 0 Å². The summed E-state index contributed by atoms with van der Waals surface area (Å²) in [5.74, 6) is 1.52. The van der Waals surface area contributed by atoms with E-state index in [0.717, 1.165) is 36.6 Å². The van der Waals surface area contributed by atoms with Crippen LogP contribution in [0.1, 0.15) is 31.6 Å². The molecule has 1 fully saturated rings. The Balaban J connectivity index is 2.09. The molecule has 2 heterocycles. The van der Waals surface area contributed by atoms with Gasteiger partial charge in [-0.1, -0.05) is 6.92 Å². The quantitative estimate of drug-likeness (QED) is 0.924. The normalized spacial score (nSPS) is 23.2. The summed E-state index contributed by atoms with van der Waals surface area (Å²) in [4.78, 5) is 0. The molecule has 1 aromatic rings. The van der Waals surface area contributed by atoms with Crippen molar-refractivity contribution < 1.29 is 9.15 Å². The van der Waals surface area contributed by atoms with Crippen LogP contribution in [0.3, 0.4) is 0 Å². The van der Waals surface area contributed by atoms with Crippen molar-refractivity contribution in [1.82, 2.24) is 5.32 Å². The monoisotopic (exact) mass is 287 g/mol. The number of halogens is 1. The first-order valence-corrected chi connectivity index (χ1v) is 6.67. The third-order valence-corrected chi connectivity index (χ3v) is 3.42. The molecular weight excluding hydrogens is 270 g/mol. The van der Waals surface area contributed by atoms with Crippen LogP contribution >= 0.6 is 15.9 Å². The van der Waals surface area contributed by atoms with Gasteiger partial charge < -0.3 is 14.5 Å². The van der Waals surface area contributed by atoms with Gasteiger partial charge in [0, 0.05) is 12.5 Å². The standard InChI is InChI=1S/C12H18BrNO2/c1-2-14-12(9-4-3-7-15-8-9)10-5-6-11(13)16-10/h5-6,9,12,14H,2-4,7-8H2,1H3. The van der Waals surface area contributed by atoms with Crippen molar-refractivity contribution in [2.24, 2.45) is 5.92 Å². The summed E-state index contributed by atoms with van der Waals surface area (Å²) in [6.07, 6.45) is 2.35. The van der Waals surface area contributed by atoms with Gasteiger partial charge in [0.05, 0.1) is 12.6 Å². The first-order valence-electron chi connectivity index (χ1n) is 5.87. The van der Waals surface area contributed by atoms with Crippen LogP contribution in [-0.4, -0.2) is 19.8 Å². The van der Waals surface area contributed by atoms with Crippen molar-refractivity contribution in [1.29, 1.82) is 0 Å². The van der Waals surface area contributed by atoms with Crippen LogP contribution in [0.25, 0.3) is 0 Å². The molecule has 1 aromatic heterocycles. The SMILES string of the molecule is CCNC(c1ccc(Br)o1)C1CCCOC1. The Kier molecular flexibility index (Phi) is 4.44. The van der Waals surface area contributed by atoms with E-state index in [1.54, 1.807) is 0 Å². The number of furan rings is 1. The fraction of sp³-hybridized carbons (Fsp3) is 0.667. The predicted molar refractivity (Wildman–Crippen MR) is 66.4 cm³/mol. The Hall–Kier alpha value is -0.320. The summed E-state index contributed by atoms with van der Waals surface area (Å²) in [5.41, 5.74) is 0. The first kappa shape index (κ1) is 12.1. The molecule has 2 rings (SSSR count). The molecule has 0 bridgehead atoms. The van der Waals surface area contributed by atoms with E-state index in [9.17, 15) is 0 Å². The summed E-state index contributed by atoms with van der Waals surface area (Å²) in [5, 5.41) is 3.49. The second-order valence-corrected chi connectivity index (χ2v) is 4.94. The minimum atomic E-state index is 0.275. The molecule has 0 aliphatic carbocycles. The smallest absolute Gasteiger partial charge is 0.169 e. The van der Waals surface area contributed by atoms with E-state index in [-0.39, 0.29) is 6.04 Å². The Bertz CT molecular complexity index is 321. The molecule has 1 saturated heterocycles. The Morgan fingerprint density at radius 3 is 3.00 bits per heavy atom. The van der Waals surface area contributed by atoms with Crippen molar-refractivity contribution in [2.45, 2.75) is 25.8 Å². The number of hydrogen-bond donors (Lipinski definition) is 1. The van der Waals surface area contributed by atoms with Crippen molar-refractivity contribution in [3.8, 4) is 0 Å². The zero-order chi connectivity index (χ0) is 11.4. The molecule has 90 valence electrons. The largest absolute Gasteiger partial charge is 0.453 e. The lowest BCUT2D eigenvalue weighted by molar-refractivity contribution is 0.0357. The fourth-order valence-corrected chi connectivity index (χ4v) is 2.56. The molecule has 1 aliphatic rings. The molecule has 0 saturated carbocycles. The molecule has 0 spiro atoms. The Morgan fingerprint density at radius 2 is 2.44 bits per heavy atom. The van der Waals surface area contributed by atoms with Crippen LogP contribution in [-0.2, 0) is 4.74 Å². The lowest BCUT2D eigenvalue weighted by Gasteiger charge is -2.29. The van der Waals surface area contributed by atoms with Crippen LogP contribution in [0.2, 0.25) is 0 Å². The maximum absolute atomic E-state index is 5.65. The average Bonchev–Trinajstić information content (AvgIpc) is 2.74. The maximum Gasteiger partial charge on any atom is 0.169 e. The van der Waals surface area contributed by atoms with Gasteiger partial charge in [-0.05, 0) is 47.4 Å². The highest BCUT2D eigenvalue weighted by Gasteiger charge is 2.27. The number of nitrogens with one attached hydrogen (secondary N) is 1. The van der Waals surface area contributed by atoms with Crippen LogP contribution in [0, 0.1) is 5.92 Å². The second-order valence-electron chi connectivity index (χ2n) is 4.15. The molecular formula is C12H18BrNO2. The number of hydrogen-bond acceptors (Lipinski definition) is 3. The van der Waals surface area contributed by atoms with E-state index in [1.807, 2.05) is 12.1 Å². The summed E-state index contributed by atoms with van der Waals surface area (Å²) in [6.45, 7) is 4.79. The molecule has 1 N–H and O–H groups in total. The Labute approximate surface area is 105 Å². The lowest BCUT2D eigenvalue weighted by Crippen LogP contribution is -2.33. The topological polar surface area (TPSA) is 34.4 Å². The van der Waals surface area contributed by atoms with Crippen LogP contribution in [0.5, 0.6) is 0 Å². The Morgan fingerprint density at radius 1 is 1.56 bits per heavy atom. The van der Waals surface area contributed by atoms with Gasteiger partial charge in [-0.15, -0.1) is 0 Å². The summed E-state index contributed by atoms with van der Waals surface area (Å²) < 4.78 is 12.0. The van der Waals surface area contributed by atoms with E-state index in [1.165, 1.54) is 6.42 Å². The predicted octanol–water partition coefficient (Wildman–Crippen LogP) is 3.12. The molecule has 2 atom stereocenters. The van der Waals surface area contributed by atoms with Crippen molar-refractivity contribution >= 4 is 15.9 Å². The minimum absolute atomic E-state index is 0.275. The highest BCUT2D eigenvalue weighted by Crippen LogP contribution is 2.30. The number of rotatable bonds is 4. The zero-order valence-corrected chi connectivity index (χ0v) is 11.1. The van der Waals surface area contributed by atoms with Gasteiger partial charge in [0.15, 0.2) is 4.67 Å². The van der Waals surface area contributed by atoms with Crippen molar-refractivity contribution in [2.75, 3.05) is 19.8 Å². The van der Waals surface area contributed by atoms with Crippen molar-refractivity contribution in [3.05, 3.63) is 22.6 Å². The van der Waals surface area contributed by atoms with Gasteiger partial charge >= 0.3 is 0 Å². The number of ether oxygens (including phenoxy) is 1. The second kappa shape index (κ2) is 5.84. The van der Waals surface area contributed by atoms with E-state index in [2.05, 4.69) is 28.2 Å². The molecule has 1 aliphatic heterocycles. The summed E-state index contributed by atoms with van der Waals surface area (Å²) in [7, 11) is 0. The highest BCUT2D eigenvalue weighted by molar-refractivity contribution is 9.10. The summed E-state index contributed by atoms with van der Waals surface area (Å²) >= 11 is 3.35. The van der Waals surface area contributed by atoms with Gasteiger partial charge in [0.1, 0.15) is 5.76 Å². The van der Waals surface area contributed by atoms with Gasteiger partial charge in [-0.3, -0.25) is 0 Å². The molecule has 16 heavy (non-hydrogen) atoms. The molecule has 3 nitrogen and oxygen atoms in total. The minimum Gasteiger partial charge on any atom is -0.453 e. The maximum atomic E-state index is 5.65. The molecule has 0 radical (unpaired) electrons. The van der Waals surface area contributed by atoms with Crippen molar-refractivity contribution in [3.63, 3.8) is 0 Å². The molecule has 0 amide bonds. The molecule has 4 heteroatoms. The van der Waals surface area contributed by atoms with Gasteiger partial charge in [0.25, 0.3) is 0 Å². The summed E-state index contributed by atoms with van der Waals surface area (Å²) in [6, 6.07) is 4.26. The van der Waals surface area contributed by atoms with Gasteiger partial charge in [-0.25, -0.2) is 0 Å². The molecule has 0 aromatic carbocycles. The average molecular weight is 288 g/mol. The highest BCUT2D eigenvalue weighted by atomic mass is 79.9. The van der Waals surface area contributed by atoms with Crippen LogP contribution < -0.4 is 5.32 Å². The lowest BCUT2D eigenvalue weighted by atomic mass is 9.92. The van der Waals surface area contributed by atoms with Gasteiger partial charge in [0.2, 0.25) is 0 Å². The van der Waals surface area contributed by atoms with Gasteiger partial charge in [-0.2, -0.15) is 0 Å². The third kappa shape index (κ3) is 2.87. The van der Waals surface area contributed by atoms with E-state index in [4.69, 9.17) is 9.15 Å². The van der Waals surface area contributed by atoms with E-state index in [0.29, 0.717) is 5.92 Å². The van der Waals surface area contributed by atoms with E-state index >= 15 is 0 Å². The first-order chi connectivity index (χ1) is 7.81. The van der Waals surface area contributed by atoms with Crippen LogP contribution in [0.4, 0.5) is 0 Å².